The standard InChI is InChI=1S/C10H8ClFS/c1-2-7-8(12)4-3-6-5-9(11)13-10(6)7/h3-5H,2H2,1H3. The Kier molecular flexibility index (Phi) is 2.26. The highest BCUT2D eigenvalue weighted by atomic mass is 35.5. The largest absolute Gasteiger partial charge is 0.207 e. The van der Waals surface area contributed by atoms with Gasteiger partial charge < -0.3 is 0 Å². The van der Waals surface area contributed by atoms with Crippen LogP contribution in [0.2, 0.25) is 4.34 Å². The molecule has 2 rings (SSSR count). The van der Waals surface area contributed by atoms with Gasteiger partial charge in [0.1, 0.15) is 5.82 Å². The summed E-state index contributed by atoms with van der Waals surface area (Å²) in [5.41, 5.74) is 0.773. The summed E-state index contributed by atoms with van der Waals surface area (Å²) < 4.78 is 15.0. The predicted octanol–water partition coefficient (Wildman–Crippen LogP) is 4.26. The molecule has 2 aromatic rings. The van der Waals surface area contributed by atoms with Crippen LogP contribution >= 0.6 is 22.9 Å². The van der Waals surface area contributed by atoms with Crippen LogP contribution in [0.1, 0.15) is 12.5 Å². The fraction of sp³-hybridized carbons (Fsp3) is 0.200. The van der Waals surface area contributed by atoms with Crippen molar-refractivity contribution in [2.75, 3.05) is 0 Å². The Morgan fingerprint density at radius 3 is 2.92 bits per heavy atom. The third-order valence-electron chi connectivity index (χ3n) is 2.06. The Hall–Kier alpha value is -0.600. The van der Waals surface area contributed by atoms with Crippen LogP contribution in [0.4, 0.5) is 4.39 Å². The maximum absolute atomic E-state index is 13.3. The first-order valence-corrected chi connectivity index (χ1v) is 5.28. The molecule has 13 heavy (non-hydrogen) atoms. The predicted molar refractivity (Wildman–Crippen MR) is 56.2 cm³/mol. The summed E-state index contributed by atoms with van der Waals surface area (Å²) in [4.78, 5) is 0. The maximum atomic E-state index is 13.3. The van der Waals surface area contributed by atoms with E-state index in [1.807, 2.05) is 13.0 Å². The second-order valence-corrected chi connectivity index (χ2v) is 4.53. The van der Waals surface area contributed by atoms with Gasteiger partial charge in [0, 0.05) is 10.3 Å². The van der Waals surface area contributed by atoms with Crippen molar-refractivity contribution in [3.8, 4) is 0 Å². The SMILES string of the molecule is CCc1c(F)ccc2cc(Cl)sc12. The molecule has 0 aliphatic carbocycles. The van der Waals surface area contributed by atoms with Gasteiger partial charge in [-0.3, -0.25) is 0 Å². The van der Waals surface area contributed by atoms with Crippen LogP contribution in [-0.2, 0) is 6.42 Å². The van der Waals surface area contributed by atoms with E-state index < -0.39 is 0 Å². The van der Waals surface area contributed by atoms with Gasteiger partial charge in [-0.2, -0.15) is 0 Å². The van der Waals surface area contributed by atoms with Crippen molar-refractivity contribution in [3.63, 3.8) is 0 Å². The normalized spacial score (nSPS) is 11.0. The van der Waals surface area contributed by atoms with Gasteiger partial charge in [-0.15, -0.1) is 11.3 Å². The van der Waals surface area contributed by atoms with Gasteiger partial charge in [0.25, 0.3) is 0 Å². The van der Waals surface area contributed by atoms with Gasteiger partial charge in [-0.1, -0.05) is 24.6 Å². The Bertz CT molecular complexity index is 447. The Morgan fingerprint density at radius 2 is 2.23 bits per heavy atom. The van der Waals surface area contributed by atoms with E-state index in [-0.39, 0.29) is 5.82 Å². The number of hydrogen-bond donors (Lipinski definition) is 0. The fourth-order valence-electron chi connectivity index (χ4n) is 1.43. The van der Waals surface area contributed by atoms with Crippen LogP contribution in [0.3, 0.4) is 0 Å². The molecule has 1 aromatic heterocycles. The first-order chi connectivity index (χ1) is 6.22. The monoisotopic (exact) mass is 214 g/mol. The lowest BCUT2D eigenvalue weighted by molar-refractivity contribution is 0.615. The summed E-state index contributed by atoms with van der Waals surface area (Å²) in [6, 6.07) is 5.15. The van der Waals surface area contributed by atoms with Crippen LogP contribution in [-0.4, -0.2) is 0 Å². The molecule has 0 spiro atoms. The molecule has 0 aliphatic rings. The van der Waals surface area contributed by atoms with E-state index >= 15 is 0 Å². The van der Waals surface area contributed by atoms with Crippen molar-refractivity contribution in [2.24, 2.45) is 0 Å². The third kappa shape index (κ3) is 1.45. The molecule has 0 saturated heterocycles. The fourth-order valence-corrected chi connectivity index (χ4v) is 2.77. The van der Waals surface area contributed by atoms with Crippen LogP contribution < -0.4 is 0 Å². The van der Waals surface area contributed by atoms with Crippen molar-refractivity contribution in [3.05, 3.63) is 33.9 Å². The number of thiophene rings is 1. The van der Waals surface area contributed by atoms with Crippen LogP contribution in [0.5, 0.6) is 0 Å². The zero-order valence-corrected chi connectivity index (χ0v) is 8.68. The van der Waals surface area contributed by atoms with E-state index in [9.17, 15) is 4.39 Å². The van der Waals surface area contributed by atoms with Gasteiger partial charge in [0.15, 0.2) is 0 Å². The molecule has 0 nitrogen and oxygen atoms in total. The molecular weight excluding hydrogens is 207 g/mol. The minimum absolute atomic E-state index is 0.131. The maximum Gasteiger partial charge on any atom is 0.127 e. The van der Waals surface area contributed by atoms with E-state index in [1.165, 1.54) is 17.4 Å². The number of benzene rings is 1. The minimum Gasteiger partial charge on any atom is -0.207 e. The molecular formula is C10H8ClFS. The summed E-state index contributed by atoms with van der Waals surface area (Å²) in [6.45, 7) is 1.95. The lowest BCUT2D eigenvalue weighted by Crippen LogP contribution is -1.86. The molecule has 0 saturated carbocycles. The number of fused-ring (bicyclic) bond motifs is 1. The van der Waals surface area contributed by atoms with Gasteiger partial charge in [0.05, 0.1) is 4.34 Å². The highest BCUT2D eigenvalue weighted by molar-refractivity contribution is 7.22. The molecule has 0 aliphatic heterocycles. The van der Waals surface area contributed by atoms with Crippen molar-refractivity contribution in [1.29, 1.82) is 0 Å². The summed E-state index contributed by atoms with van der Waals surface area (Å²) in [6.07, 6.45) is 0.708. The van der Waals surface area contributed by atoms with E-state index in [0.29, 0.717) is 6.42 Å². The van der Waals surface area contributed by atoms with Crippen molar-refractivity contribution in [2.45, 2.75) is 13.3 Å². The van der Waals surface area contributed by atoms with E-state index in [2.05, 4.69) is 0 Å². The highest BCUT2D eigenvalue weighted by Crippen LogP contribution is 2.33. The molecule has 0 radical (unpaired) electrons. The first-order valence-electron chi connectivity index (χ1n) is 4.08. The van der Waals surface area contributed by atoms with E-state index in [1.54, 1.807) is 6.07 Å². The third-order valence-corrected chi connectivity index (χ3v) is 3.40. The second-order valence-electron chi connectivity index (χ2n) is 2.85. The van der Waals surface area contributed by atoms with E-state index in [4.69, 9.17) is 11.6 Å². The Balaban J connectivity index is 2.82. The second kappa shape index (κ2) is 3.28. The zero-order chi connectivity index (χ0) is 9.42. The van der Waals surface area contributed by atoms with Crippen LogP contribution in [0.25, 0.3) is 10.1 Å². The molecule has 0 amide bonds. The highest BCUT2D eigenvalue weighted by Gasteiger charge is 2.08. The molecule has 1 aromatic carbocycles. The van der Waals surface area contributed by atoms with Crippen LogP contribution in [0.15, 0.2) is 18.2 Å². The molecule has 0 fully saturated rings. The van der Waals surface area contributed by atoms with Crippen molar-refractivity contribution in [1.82, 2.24) is 0 Å². The molecule has 3 heteroatoms. The zero-order valence-electron chi connectivity index (χ0n) is 7.10. The van der Waals surface area contributed by atoms with Crippen molar-refractivity contribution < 1.29 is 4.39 Å². The van der Waals surface area contributed by atoms with Gasteiger partial charge in [0.2, 0.25) is 0 Å². The number of rotatable bonds is 1. The molecule has 0 bridgehead atoms. The Labute approximate surface area is 85.0 Å². The average molecular weight is 215 g/mol. The Morgan fingerprint density at radius 1 is 1.46 bits per heavy atom. The lowest BCUT2D eigenvalue weighted by Gasteiger charge is -1.99. The quantitative estimate of drug-likeness (QED) is 0.666. The summed E-state index contributed by atoms with van der Waals surface area (Å²) in [5, 5.41) is 1.04. The first kappa shape index (κ1) is 8.97. The molecule has 68 valence electrons. The number of aryl methyl sites for hydroxylation is 1. The smallest absolute Gasteiger partial charge is 0.127 e. The van der Waals surface area contributed by atoms with Gasteiger partial charge in [-0.05, 0) is 23.9 Å². The number of halogens is 2. The van der Waals surface area contributed by atoms with Crippen molar-refractivity contribution >= 4 is 33.0 Å². The minimum atomic E-state index is -0.131. The average Bonchev–Trinajstić information content (AvgIpc) is 2.45. The molecule has 1 heterocycles. The summed E-state index contributed by atoms with van der Waals surface area (Å²) >= 11 is 7.30. The van der Waals surface area contributed by atoms with Gasteiger partial charge >= 0.3 is 0 Å². The molecule has 0 unspecified atom stereocenters. The summed E-state index contributed by atoms with van der Waals surface area (Å²) in [5.74, 6) is -0.131. The topological polar surface area (TPSA) is 0 Å². The lowest BCUT2D eigenvalue weighted by atomic mass is 10.1. The van der Waals surface area contributed by atoms with E-state index in [0.717, 1.165) is 20.0 Å². The van der Waals surface area contributed by atoms with Crippen LogP contribution in [0, 0.1) is 5.82 Å². The molecule has 0 N–H and O–H groups in total. The number of hydrogen-bond acceptors (Lipinski definition) is 1. The summed E-state index contributed by atoms with van der Waals surface area (Å²) in [7, 11) is 0. The molecule has 0 atom stereocenters. The van der Waals surface area contributed by atoms with Gasteiger partial charge in [-0.25, -0.2) is 4.39 Å².